The van der Waals surface area contributed by atoms with Crippen LogP contribution in [0.25, 0.3) is 0 Å². The number of hydrogen-bond acceptors (Lipinski definition) is 2. The molecule has 2 amide bonds. The summed E-state index contributed by atoms with van der Waals surface area (Å²) in [5.74, 6) is -0.0728. The van der Waals surface area contributed by atoms with Crippen molar-refractivity contribution in [3.8, 4) is 0 Å². The van der Waals surface area contributed by atoms with Gasteiger partial charge in [0.25, 0.3) is 0 Å². The Kier molecular flexibility index (Phi) is 7.79. The van der Waals surface area contributed by atoms with E-state index in [1.807, 2.05) is 62.4 Å². The zero-order chi connectivity index (χ0) is 21.7. The van der Waals surface area contributed by atoms with Crippen molar-refractivity contribution in [2.45, 2.75) is 51.6 Å². The van der Waals surface area contributed by atoms with E-state index in [9.17, 15) is 9.59 Å². The molecule has 160 valence electrons. The second-order valence-corrected chi connectivity index (χ2v) is 8.87. The first kappa shape index (κ1) is 22.6. The van der Waals surface area contributed by atoms with E-state index in [2.05, 4.69) is 10.6 Å². The summed E-state index contributed by atoms with van der Waals surface area (Å²) < 4.78 is 0. The Balaban J connectivity index is 1.49. The predicted molar refractivity (Wildman–Crippen MR) is 121 cm³/mol. The fourth-order valence-electron chi connectivity index (χ4n) is 4.09. The van der Waals surface area contributed by atoms with Gasteiger partial charge in [-0.3, -0.25) is 9.59 Å². The van der Waals surface area contributed by atoms with Gasteiger partial charge in [0.15, 0.2) is 0 Å². The lowest BCUT2D eigenvalue weighted by atomic mass is 9.81. The fraction of sp³-hybridized carbons (Fsp3) is 0.417. The van der Waals surface area contributed by atoms with E-state index in [0.29, 0.717) is 35.7 Å². The molecular formula is C24H28Cl2N2O2. The van der Waals surface area contributed by atoms with Gasteiger partial charge in [0.05, 0.1) is 12.1 Å². The molecule has 0 heterocycles. The Morgan fingerprint density at radius 2 is 1.07 bits per heavy atom. The van der Waals surface area contributed by atoms with Crippen molar-refractivity contribution in [2.24, 2.45) is 11.8 Å². The van der Waals surface area contributed by atoms with Crippen LogP contribution in [0.3, 0.4) is 0 Å². The van der Waals surface area contributed by atoms with Crippen molar-refractivity contribution in [1.82, 2.24) is 10.6 Å². The maximum Gasteiger partial charge on any atom is 0.223 e. The van der Waals surface area contributed by atoms with Crippen LogP contribution in [0.5, 0.6) is 0 Å². The Bertz CT molecular complexity index is 821. The molecule has 2 atom stereocenters. The molecule has 30 heavy (non-hydrogen) atoms. The van der Waals surface area contributed by atoms with E-state index >= 15 is 0 Å². The summed E-state index contributed by atoms with van der Waals surface area (Å²) >= 11 is 12.5. The molecule has 0 aromatic heterocycles. The van der Waals surface area contributed by atoms with Gasteiger partial charge in [-0.05, 0) is 62.8 Å². The van der Waals surface area contributed by atoms with Crippen LogP contribution < -0.4 is 10.6 Å². The third-order valence-electron chi connectivity index (χ3n) is 5.93. The highest BCUT2D eigenvalue weighted by molar-refractivity contribution is 6.31. The summed E-state index contributed by atoms with van der Waals surface area (Å²) in [4.78, 5) is 25.4. The molecule has 2 aromatic rings. The number of rotatable bonds is 6. The minimum Gasteiger partial charge on any atom is -0.349 e. The Hall–Kier alpha value is -2.04. The van der Waals surface area contributed by atoms with E-state index in [1.165, 1.54) is 0 Å². The number of hydrogen-bond donors (Lipinski definition) is 2. The quantitative estimate of drug-likeness (QED) is 0.583. The normalized spacial score (nSPS) is 20.8. The summed E-state index contributed by atoms with van der Waals surface area (Å²) in [5.41, 5.74) is 1.82. The zero-order valence-corrected chi connectivity index (χ0v) is 18.8. The molecular weight excluding hydrogens is 419 g/mol. The van der Waals surface area contributed by atoms with Crippen LogP contribution in [-0.2, 0) is 9.59 Å². The Labute approximate surface area is 188 Å². The molecule has 0 saturated heterocycles. The molecule has 0 bridgehead atoms. The maximum absolute atomic E-state index is 12.7. The zero-order valence-electron chi connectivity index (χ0n) is 17.3. The van der Waals surface area contributed by atoms with Gasteiger partial charge in [-0.15, -0.1) is 0 Å². The van der Waals surface area contributed by atoms with Gasteiger partial charge in [-0.1, -0.05) is 59.6 Å². The highest BCUT2D eigenvalue weighted by Gasteiger charge is 2.31. The lowest BCUT2D eigenvalue weighted by molar-refractivity contribution is -0.131. The molecule has 1 aliphatic carbocycles. The smallest absolute Gasteiger partial charge is 0.223 e. The van der Waals surface area contributed by atoms with Crippen molar-refractivity contribution in [1.29, 1.82) is 0 Å². The highest BCUT2D eigenvalue weighted by atomic mass is 35.5. The van der Waals surface area contributed by atoms with Gasteiger partial charge in [0, 0.05) is 21.9 Å². The predicted octanol–water partition coefficient (Wildman–Crippen LogP) is 5.85. The van der Waals surface area contributed by atoms with Crippen molar-refractivity contribution in [2.75, 3.05) is 0 Å². The lowest BCUT2D eigenvalue weighted by Crippen LogP contribution is -2.39. The van der Waals surface area contributed by atoms with Gasteiger partial charge in [-0.2, -0.15) is 0 Å². The summed E-state index contributed by atoms with van der Waals surface area (Å²) in [6.45, 7) is 3.88. The molecule has 2 unspecified atom stereocenters. The molecule has 1 aliphatic rings. The SMILES string of the molecule is CC(NC(=O)C1CCC(C(=O)NC(C)c2ccccc2Cl)CC1)c1ccccc1Cl. The molecule has 4 nitrogen and oxygen atoms in total. The minimum atomic E-state index is -0.149. The lowest BCUT2D eigenvalue weighted by Gasteiger charge is -2.29. The maximum atomic E-state index is 12.7. The van der Waals surface area contributed by atoms with E-state index in [-0.39, 0.29) is 35.7 Å². The van der Waals surface area contributed by atoms with Gasteiger partial charge >= 0.3 is 0 Å². The Morgan fingerprint density at radius 1 is 0.733 bits per heavy atom. The molecule has 6 heteroatoms. The molecule has 3 rings (SSSR count). The van der Waals surface area contributed by atoms with Crippen molar-refractivity contribution in [3.05, 3.63) is 69.7 Å². The van der Waals surface area contributed by atoms with E-state index in [1.54, 1.807) is 0 Å². The van der Waals surface area contributed by atoms with Gasteiger partial charge < -0.3 is 10.6 Å². The molecule has 1 saturated carbocycles. The summed E-state index contributed by atoms with van der Waals surface area (Å²) in [6, 6.07) is 14.8. The average molecular weight is 447 g/mol. The monoisotopic (exact) mass is 446 g/mol. The van der Waals surface area contributed by atoms with Crippen molar-refractivity contribution in [3.63, 3.8) is 0 Å². The topological polar surface area (TPSA) is 58.2 Å². The number of nitrogens with one attached hydrogen (secondary N) is 2. The molecule has 0 radical (unpaired) electrons. The van der Waals surface area contributed by atoms with Crippen LogP contribution in [0, 0.1) is 11.8 Å². The van der Waals surface area contributed by atoms with Crippen LogP contribution in [-0.4, -0.2) is 11.8 Å². The van der Waals surface area contributed by atoms with Crippen LogP contribution >= 0.6 is 23.2 Å². The number of carbonyl (C=O) groups excluding carboxylic acids is 2. The van der Waals surface area contributed by atoms with E-state index in [4.69, 9.17) is 23.2 Å². The number of amides is 2. The summed E-state index contributed by atoms with van der Waals surface area (Å²) in [6.07, 6.45) is 2.83. The van der Waals surface area contributed by atoms with Crippen LogP contribution in [0.15, 0.2) is 48.5 Å². The van der Waals surface area contributed by atoms with Crippen LogP contribution in [0.2, 0.25) is 10.0 Å². The van der Waals surface area contributed by atoms with Gasteiger partial charge in [0.2, 0.25) is 11.8 Å². The number of halogens is 2. The molecule has 2 N–H and O–H groups in total. The highest BCUT2D eigenvalue weighted by Crippen LogP contribution is 2.31. The third kappa shape index (κ3) is 5.55. The number of benzene rings is 2. The van der Waals surface area contributed by atoms with Crippen LogP contribution in [0.1, 0.15) is 62.7 Å². The first-order valence-corrected chi connectivity index (χ1v) is 11.2. The van der Waals surface area contributed by atoms with Gasteiger partial charge in [-0.25, -0.2) is 0 Å². The molecule has 0 spiro atoms. The minimum absolute atomic E-state index is 0.0331. The molecule has 0 aliphatic heterocycles. The van der Waals surface area contributed by atoms with Crippen molar-refractivity contribution < 1.29 is 9.59 Å². The summed E-state index contributed by atoms with van der Waals surface area (Å²) in [5, 5.41) is 7.45. The van der Waals surface area contributed by atoms with Gasteiger partial charge in [0.1, 0.15) is 0 Å². The van der Waals surface area contributed by atoms with E-state index in [0.717, 1.165) is 11.1 Å². The largest absolute Gasteiger partial charge is 0.349 e. The Morgan fingerprint density at radius 3 is 1.40 bits per heavy atom. The summed E-state index contributed by atoms with van der Waals surface area (Å²) in [7, 11) is 0. The first-order valence-electron chi connectivity index (χ1n) is 10.5. The third-order valence-corrected chi connectivity index (χ3v) is 6.62. The average Bonchev–Trinajstić information content (AvgIpc) is 2.74. The van der Waals surface area contributed by atoms with Crippen LogP contribution in [0.4, 0.5) is 0 Å². The van der Waals surface area contributed by atoms with E-state index < -0.39 is 0 Å². The fourth-order valence-corrected chi connectivity index (χ4v) is 4.69. The number of carbonyl (C=O) groups is 2. The molecule has 2 aromatic carbocycles. The first-order chi connectivity index (χ1) is 14.4. The molecule has 1 fully saturated rings. The second kappa shape index (κ2) is 10.3. The van der Waals surface area contributed by atoms with Crippen molar-refractivity contribution >= 4 is 35.0 Å². The second-order valence-electron chi connectivity index (χ2n) is 8.05. The standard InChI is InChI=1S/C24H28Cl2N2O2/c1-15(19-7-3-5-9-21(19)25)27-23(29)17-11-13-18(14-12-17)24(30)28-16(2)20-8-4-6-10-22(20)26/h3-10,15-18H,11-14H2,1-2H3,(H,27,29)(H,28,30).